The van der Waals surface area contributed by atoms with Crippen molar-refractivity contribution in [1.29, 1.82) is 0 Å². The minimum atomic E-state index is -0.956. The van der Waals surface area contributed by atoms with Gasteiger partial charge in [0.15, 0.2) is 0 Å². The van der Waals surface area contributed by atoms with Crippen molar-refractivity contribution < 1.29 is 14.7 Å². The van der Waals surface area contributed by atoms with Gasteiger partial charge in [-0.15, -0.1) is 0 Å². The summed E-state index contributed by atoms with van der Waals surface area (Å²) in [5.74, 6) is -1.10. The number of rotatable bonds is 16. The second-order valence-electron chi connectivity index (χ2n) is 6.32. The zero-order chi connectivity index (χ0) is 17.3. The molecule has 0 fully saturated rings. The van der Waals surface area contributed by atoms with Crippen molar-refractivity contribution in [1.82, 2.24) is 5.32 Å². The number of carbonyl (C=O) groups is 2. The molecule has 0 aromatic heterocycles. The van der Waals surface area contributed by atoms with E-state index in [1.165, 1.54) is 38.5 Å². The van der Waals surface area contributed by atoms with Gasteiger partial charge >= 0.3 is 43.7 Å². The molecular weight excluding hydrogens is 332 g/mol. The first-order chi connectivity index (χ1) is 11.1. The summed E-state index contributed by atoms with van der Waals surface area (Å²) in [5.41, 5.74) is 5.40. The summed E-state index contributed by atoms with van der Waals surface area (Å²) < 4.78 is 0. The first-order valence-electron chi connectivity index (χ1n) is 9.34. The summed E-state index contributed by atoms with van der Waals surface area (Å²) in [6.07, 6.45) is 13.2. The van der Waals surface area contributed by atoms with E-state index in [2.05, 4.69) is 12.2 Å². The van der Waals surface area contributed by atoms with E-state index in [0.717, 1.165) is 32.1 Å². The Balaban J connectivity index is 0. The van der Waals surface area contributed by atoms with Gasteiger partial charge in [-0.05, 0) is 32.2 Å². The van der Waals surface area contributed by atoms with Gasteiger partial charge in [-0.25, -0.2) is 4.79 Å². The quantitative estimate of drug-likeness (QED) is 0.288. The van der Waals surface area contributed by atoms with Crippen molar-refractivity contribution >= 4 is 49.6 Å². The van der Waals surface area contributed by atoms with Gasteiger partial charge in [-0.1, -0.05) is 58.3 Å². The molecule has 0 unspecified atom stereocenters. The summed E-state index contributed by atoms with van der Waals surface area (Å²) in [5, 5.41) is 11.7. The van der Waals surface area contributed by atoms with E-state index >= 15 is 0 Å². The third-order valence-corrected chi connectivity index (χ3v) is 4.09. The van der Waals surface area contributed by atoms with E-state index in [0.29, 0.717) is 19.4 Å². The van der Waals surface area contributed by atoms with Gasteiger partial charge in [0, 0.05) is 6.42 Å². The second kappa shape index (κ2) is 19.5. The van der Waals surface area contributed by atoms with Crippen LogP contribution in [0.5, 0.6) is 0 Å². The van der Waals surface area contributed by atoms with E-state index in [1.54, 1.807) is 0 Å². The monoisotopic (exact) mass is 370 g/mol. The molecule has 4 N–H and O–H groups in total. The van der Waals surface area contributed by atoms with Gasteiger partial charge < -0.3 is 16.2 Å². The molecule has 0 bridgehead atoms. The van der Waals surface area contributed by atoms with Crippen LogP contribution in [0.25, 0.3) is 0 Å². The van der Waals surface area contributed by atoms with Gasteiger partial charge in [0.25, 0.3) is 0 Å². The van der Waals surface area contributed by atoms with Crippen molar-refractivity contribution in [3.05, 3.63) is 0 Å². The number of unbranched alkanes of at least 4 members (excludes halogenated alkanes) is 9. The molecule has 0 radical (unpaired) electrons. The average molecular weight is 371 g/mol. The Hall–Kier alpha value is 0.160. The normalized spacial score (nSPS) is 11.6. The number of hydrogen-bond donors (Lipinski definition) is 3. The number of nitrogens with one attached hydrogen (secondary N) is 1. The molecule has 0 saturated heterocycles. The fourth-order valence-corrected chi connectivity index (χ4v) is 2.61. The maximum atomic E-state index is 11.8. The van der Waals surface area contributed by atoms with E-state index in [1.807, 2.05) is 0 Å². The van der Waals surface area contributed by atoms with E-state index in [9.17, 15) is 9.59 Å². The molecule has 0 aliphatic rings. The molecule has 0 aromatic carbocycles. The van der Waals surface area contributed by atoms with E-state index in [4.69, 9.17) is 10.8 Å². The van der Waals surface area contributed by atoms with Crippen LogP contribution < -0.4 is 11.1 Å². The number of amides is 1. The van der Waals surface area contributed by atoms with Crippen molar-refractivity contribution in [2.24, 2.45) is 5.73 Å². The van der Waals surface area contributed by atoms with Crippen LogP contribution in [-0.2, 0) is 9.59 Å². The number of aliphatic carboxylic acids is 1. The Morgan fingerprint density at radius 3 is 1.96 bits per heavy atom. The summed E-state index contributed by atoms with van der Waals surface area (Å²) in [4.78, 5) is 22.9. The molecule has 6 heteroatoms. The van der Waals surface area contributed by atoms with Crippen LogP contribution in [0.15, 0.2) is 0 Å². The molecule has 0 heterocycles. The Morgan fingerprint density at radius 2 is 1.46 bits per heavy atom. The van der Waals surface area contributed by atoms with Crippen LogP contribution in [0.1, 0.15) is 90.4 Å². The van der Waals surface area contributed by atoms with Crippen molar-refractivity contribution in [3.8, 4) is 0 Å². The number of hydrogen-bond acceptors (Lipinski definition) is 3. The van der Waals surface area contributed by atoms with E-state index < -0.39 is 12.0 Å². The summed E-state index contributed by atoms with van der Waals surface area (Å²) >= 11 is 0. The zero-order valence-corrected chi connectivity index (χ0v) is 14.8. The molecule has 0 aromatic rings. The molecule has 24 heavy (non-hydrogen) atoms. The van der Waals surface area contributed by atoms with E-state index in [-0.39, 0.29) is 43.6 Å². The summed E-state index contributed by atoms with van der Waals surface area (Å²) in [7, 11) is 0. The van der Waals surface area contributed by atoms with Gasteiger partial charge in [-0.2, -0.15) is 0 Å². The van der Waals surface area contributed by atoms with Crippen molar-refractivity contribution in [3.63, 3.8) is 0 Å². The first kappa shape index (κ1) is 26.4. The third-order valence-electron chi connectivity index (χ3n) is 4.09. The molecule has 0 aliphatic heterocycles. The van der Waals surface area contributed by atoms with Gasteiger partial charge in [0.05, 0.1) is 0 Å². The Kier molecular flexibility index (Phi) is 21.4. The van der Waals surface area contributed by atoms with Crippen molar-refractivity contribution in [2.75, 3.05) is 6.54 Å². The molecule has 5 nitrogen and oxygen atoms in total. The van der Waals surface area contributed by atoms with Crippen molar-refractivity contribution in [2.45, 2.75) is 96.4 Å². The summed E-state index contributed by atoms with van der Waals surface area (Å²) in [6.45, 7) is 2.77. The summed E-state index contributed by atoms with van der Waals surface area (Å²) in [6, 6.07) is -0.771. The minimum absolute atomic E-state index is 0. The number of carboxylic acid groups (broad SMARTS) is 1. The number of carboxylic acids is 1. The average Bonchev–Trinajstić information content (AvgIpc) is 2.52. The number of carbonyl (C=O) groups excluding carboxylic acids is 1. The SMILES string of the molecule is CCCCCCCCCCCC(=O)N[C@@H](CCCCN)C(=O)O.[CaH2]. The fraction of sp³-hybridized carbons (Fsp3) is 0.889. The third kappa shape index (κ3) is 17.0. The molecule has 0 spiro atoms. The second-order valence-corrected chi connectivity index (χ2v) is 6.32. The van der Waals surface area contributed by atoms with Crippen LogP contribution >= 0.6 is 0 Å². The van der Waals surface area contributed by atoms with Gasteiger partial charge in [0.1, 0.15) is 6.04 Å². The predicted octanol–water partition coefficient (Wildman–Crippen LogP) is 2.69. The van der Waals surface area contributed by atoms with Crippen LogP contribution in [0.3, 0.4) is 0 Å². The van der Waals surface area contributed by atoms with Crippen LogP contribution in [0.4, 0.5) is 0 Å². The predicted molar refractivity (Wildman–Crippen MR) is 103 cm³/mol. The standard InChI is InChI=1S/C18H36N2O3.Ca.2H/c1-2-3-4-5-6-7-8-9-10-14-17(21)20-16(18(22)23)13-11-12-15-19;;;/h16H,2-15,19H2,1H3,(H,20,21)(H,22,23);;;/t16-;;;/m0.../s1. The number of nitrogens with two attached hydrogens (primary N) is 1. The van der Waals surface area contributed by atoms with Crippen LogP contribution in [0, 0.1) is 0 Å². The van der Waals surface area contributed by atoms with Crippen LogP contribution in [0.2, 0.25) is 0 Å². The molecule has 140 valence electrons. The Morgan fingerprint density at radius 1 is 0.917 bits per heavy atom. The first-order valence-corrected chi connectivity index (χ1v) is 9.34. The topological polar surface area (TPSA) is 92.4 Å². The molecule has 0 rings (SSSR count). The van der Waals surface area contributed by atoms with Gasteiger partial charge in [-0.3, -0.25) is 4.79 Å². The molecular formula is C18H38CaN2O3. The molecule has 0 saturated carbocycles. The van der Waals surface area contributed by atoms with Crippen LogP contribution in [-0.4, -0.2) is 67.3 Å². The molecule has 0 aliphatic carbocycles. The zero-order valence-electron chi connectivity index (χ0n) is 14.8. The molecule has 1 amide bonds. The maximum absolute atomic E-state index is 11.8. The fourth-order valence-electron chi connectivity index (χ4n) is 2.61. The Labute approximate surface area is 177 Å². The molecule has 1 atom stereocenters. The Bertz CT molecular complexity index is 315. The van der Waals surface area contributed by atoms with Gasteiger partial charge in [0.2, 0.25) is 5.91 Å².